The number of nitrogens with one attached hydrogen (secondary N) is 1. The SMILES string of the molecule is CC(C)OCC(=O)NC(C)c1ccccc1N. The van der Waals surface area contributed by atoms with Crippen LogP contribution < -0.4 is 11.1 Å². The third kappa shape index (κ3) is 4.44. The van der Waals surface area contributed by atoms with Gasteiger partial charge in [-0.3, -0.25) is 4.79 Å². The first-order chi connectivity index (χ1) is 8.00. The van der Waals surface area contributed by atoms with Crippen molar-refractivity contribution in [3.8, 4) is 0 Å². The second-order valence-electron chi connectivity index (χ2n) is 4.28. The summed E-state index contributed by atoms with van der Waals surface area (Å²) in [4.78, 5) is 11.6. The number of hydrogen-bond donors (Lipinski definition) is 2. The van der Waals surface area contributed by atoms with Gasteiger partial charge in [-0.1, -0.05) is 18.2 Å². The fraction of sp³-hybridized carbons (Fsp3) is 0.462. The Labute approximate surface area is 102 Å². The lowest BCUT2D eigenvalue weighted by Gasteiger charge is -2.16. The first-order valence-electron chi connectivity index (χ1n) is 5.76. The summed E-state index contributed by atoms with van der Waals surface area (Å²) in [5.74, 6) is -0.130. The molecule has 0 heterocycles. The first kappa shape index (κ1) is 13.5. The van der Waals surface area contributed by atoms with Crippen molar-refractivity contribution < 1.29 is 9.53 Å². The molecule has 1 aromatic rings. The Kier molecular flexibility index (Phi) is 4.97. The van der Waals surface area contributed by atoms with Crippen LogP contribution in [0.2, 0.25) is 0 Å². The number of ether oxygens (including phenoxy) is 1. The summed E-state index contributed by atoms with van der Waals surface area (Å²) in [5, 5.41) is 2.85. The van der Waals surface area contributed by atoms with Crippen molar-refractivity contribution in [1.29, 1.82) is 0 Å². The van der Waals surface area contributed by atoms with E-state index in [1.165, 1.54) is 0 Å². The van der Waals surface area contributed by atoms with Crippen molar-refractivity contribution in [3.05, 3.63) is 29.8 Å². The van der Waals surface area contributed by atoms with Crippen LogP contribution >= 0.6 is 0 Å². The summed E-state index contributed by atoms with van der Waals surface area (Å²) in [7, 11) is 0. The summed E-state index contributed by atoms with van der Waals surface area (Å²) >= 11 is 0. The molecule has 0 fully saturated rings. The third-order valence-electron chi connectivity index (χ3n) is 2.39. The normalized spacial score (nSPS) is 12.5. The van der Waals surface area contributed by atoms with Gasteiger partial charge in [0.15, 0.2) is 0 Å². The number of nitrogen functional groups attached to an aromatic ring is 1. The van der Waals surface area contributed by atoms with E-state index < -0.39 is 0 Å². The molecule has 1 rings (SSSR count). The molecule has 0 aliphatic heterocycles. The molecule has 94 valence electrons. The number of anilines is 1. The maximum atomic E-state index is 11.6. The molecule has 0 saturated heterocycles. The van der Waals surface area contributed by atoms with Crippen LogP contribution in [0.25, 0.3) is 0 Å². The van der Waals surface area contributed by atoms with E-state index >= 15 is 0 Å². The van der Waals surface area contributed by atoms with Gasteiger partial charge in [0.2, 0.25) is 5.91 Å². The Morgan fingerprint density at radius 1 is 1.35 bits per heavy atom. The van der Waals surface area contributed by atoms with Crippen LogP contribution in [0.5, 0.6) is 0 Å². The highest BCUT2D eigenvalue weighted by Crippen LogP contribution is 2.18. The summed E-state index contributed by atoms with van der Waals surface area (Å²) in [6.07, 6.45) is 0.0536. The Morgan fingerprint density at radius 3 is 2.59 bits per heavy atom. The molecular weight excluding hydrogens is 216 g/mol. The monoisotopic (exact) mass is 236 g/mol. The molecule has 3 N–H and O–H groups in total. The first-order valence-corrected chi connectivity index (χ1v) is 5.76. The van der Waals surface area contributed by atoms with Gasteiger partial charge in [-0.25, -0.2) is 0 Å². The van der Waals surface area contributed by atoms with Crippen molar-refractivity contribution in [3.63, 3.8) is 0 Å². The lowest BCUT2D eigenvalue weighted by molar-refractivity contribution is -0.127. The topological polar surface area (TPSA) is 64.3 Å². The summed E-state index contributed by atoms with van der Waals surface area (Å²) in [6.45, 7) is 5.77. The summed E-state index contributed by atoms with van der Waals surface area (Å²) < 4.78 is 5.23. The Balaban J connectivity index is 2.52. The predicted octanol–water partition coefficient (Wildman–Crippen LogP) is 1.87. The van der Waals surface area contributed by atoms with Gasteiger partial charge >= 0.3 is 0 Å². The molecule has 0 bridgehead atoms. The van der Waals surface area contributed by atoms with Crippen LogP contribution in [-0.4, -0.2) is 18.6 Å². The number of amides is 1. The van der Waals surface area contributed by atoms with E-state index in [1.807, 2.05) is 45.0 Å². The van der Waals surface area contributed by atoms with E-state index in [9.17, 15) is 4.79 Å². The molecule has 0 saturated carbocycles. The number of benzene rings is 1. The molecule has 0 radical (unpaired) electrons. The van der Waals surface area contributed by atoms with E-state index in [1.54, 1.807) is 0 Å². The fourth-order valence-electron chi connectivity index (χ4n) is 1.51. The van der Waals surface area contributed by atoms with Gasteiger partial charge in [-0.05, 0) is 32.4 Å². The number of carbonyl (C=O) groups is 1. The minimum absolute atomic E-state index is 0.0536. The zero-order chi connectivity index (χ0) is 12.8. The van der Waals surface area contributed by atoms with Gasteiger partial charge in [0.05, 0.1) is 12.1 Å². The van der Waals surface area contributed by atoms with Gasteiger partial charge in [0.25, 0.3) is 0 Å². The van der Waals surface area contributed by atoms with Crippen molar-refractivity contribution in [2.24, 2.45) is 0 Å². The third-order valence-corrected chi connectivity index (χ3v) is 2.39. The van der Waals surface area contributed by atoms with Gasteiger partial charge in [0, 0.05) is 5.69 Å². The van der Waals surface area contributed by atoms with Crippen LogP contribution in [0.1, 0.15) is 32.4 Å². The van der Waals surface area contributed by atoms with Crippen LogP contribution in [-0.2, 0) is 9.53 Å². The van der Waals surface area contributed by atoms with Crippen molar-refractivity contribution in [1.82, 2.24) is 5.32 Å². The van der Waals surface area contributed by atoms with Crippen LogP contribution in [0, 0.1) is 0 Å². The zero-order valence-corrected chi connectivity index (χ0v) is 10.6. The van der Waals surface area contributed by atoms with Gasteiger partial charge < -0.3 is 15.8 Å². The number of hydrogen-bond acceptors (Lipinski definition) is 3. The minimum atomic E-state index is -0.130. The highest BCUT2D eigenvalue weighted by molar-refractivity contribution is 5.78. The smallest absolute Gasteiger partial charge is 0.246 e. The average molecular weight is 236 g/mol. The Hall–Kier alpha value is -1.55. The standard InChI is InChI=1S/C13H20N2O2/c1-9(2)17-8-13(16)15-10(3)11-6-4-5-7-12(11)14/h4-7,9-10H,8,14H2,1-3H3,(H,15,16). The quantitative estimate of drug-likeness (QED) is 0.767. The summed E-state index contributed by atoms with van der Waals surface area (Å²) in [6, 6.07) is 7.39. The predicted molar refractivity (Wildman–Crippen MR) is 68.5 cm³/mol. The zero-order valence-electron chi connectivity index (χ0n) is 10.6. The van der Waals surface area contributed by atoms with Gasteiger partial charge in [-0.2, -0.15) is 0 Å². The molecule has 0 spiro atoms. The molecule has 4 heteroatoms. The van der Waals surface area contributed by atoms with Gasteiger partial charge in [0.1, 0.15) is 6.61 Å². The van der Waals surface area contributed by atoms with Crippen molar-refractivity contribution in [2.75, 3.05) is 12.3 Å². The van der Waals surface area contributed by atoms with Crippen LogP contribution in [0.15, 0.2) is 24.3 Å². The lowest BCUT2D eigenvalue weighted by atomic mass is 10.1. The highest BCUT2D eigenvalue weighted by atomic mass is 16.5. The van der Waals surface area contributed by atoms with E-state index in [2.05, 4.69) is 5.32 Å². The molecule has 1 unspecified atom stereocenters. The molecule has 4 nitrogen and oxygen atoms in total. The van der Waals surface area contributed by atoms with Crippen molar-refractivity contribution >= 4 is 11.6 Å². The van der Waals surface area contributed by atoms with Crippen molar-refractivity contribution in [2.45, 2.75) is 32.9 Å². The minimum Gasteiger partial charge on any atom is -0.398 e. The van der Waals surface area contributed by atoms with E-state index in [0.717, 1.165) is 5.56 Å². The molecule has 0 aliphatic rings. The highest BCUT2D eigenvalue weighted by Gasteiger charge is 2.11. The van der Waals surface area contributed by atoms with Gasteiger partial charge in [-0.15, -0.1) is 0 Å². The second-order valence-corrected chi connectivity index (χ2v) is 4.28. The Morgan fingerprint density at radius 2 is 2.00 bits per heavy atom. The average Bonchev–Trinajstić information content (AvgIpc) is 2.26. The van der Waals surface area contributed by atoms with E-state index in [4.69, 9.17) is 10.5 Å². The molecule has 17 heavy (non-hydrogen) atoms. The van der Waals surface area contributed by atoms with E-state index in [0.29, 0.717) is 5.69 Å². The maximum Gasteiger partial charge on any atom is 0.246 e. The van der Waals surface area contributed by atoms with Crippen LogP contribution in [0.3, 0.4) is 0 Å². The number of rotatable bonds is 5. The molecule has 0 aliphatic carbocycles. The second kappa shape index (κ2) is 6.25. The van der Waals surface area contributed by atoms with E-state index in [-0.39, 0.29) is 24.7 Å². The molecule has 1 atom stereocenters. The van der Waals surface area contributed by atoms with Crippen LogP contribution in [0.4, 0.5) is 5.69 Å². The molecule has 1 aromatic carbocycles. The fourth-order valence-corrected chi connectivity index (χ4v) is 1.51. The lowest BCUT2D eigenvalue weighted by Crippen LogP contribution is -2.31. The number of nitrogens with two attached hydrogens (primary N) is 1. The number of carbonyl (C=O) groups excluding carboxylic acids is 1. The maximum absolute atomic E-state index is 11.6. The summed E-state index contributed by atoms with van der Waals surface area (Å²) in [5.41, 5.74) is 7.44. The molecule has 1 amide bonds. The molecule has 0 aromatic heterocycles. The largest absolute Gasteiger partial charge is 0.398 e. The number of para-hydroxylation sites is 1. The molecular formula is C13H20N2O2. The Bertz CT molecular complexity index is 377.